The van der Waals surface area contributed by atoms with Crippen LogP contribution in [0.25, 0.3) is 0 Å². The van der Waals surface area contributed by atoms with Crippen molar-refractivity contribution < 1.29 is 14.4 Å². The first-order valence-electron chi connectivity index (χ1n) is 10.6. The number of aryl methyl sites for hydroxylation is 1. The summed E-state index contributed by atoms with van der Waals surface area (Å²) in [4.78, 5) is 44.9. The van der Waals surface area contributed by atoms with E-state index >= 15 is 0 Å². The number of rotatable bonds is 7. The van der Waals surface area contributed by atoms with Gasteiger partial charge < -0.3 is 15.5 Å². The van der Waals surface area contributed by atoms with Crippen LogP contribution in [0.4, 0.5) is 11.5 Å². The topological polar surface area (TPSA) is 94.6 Å². The van der Waals surface area contributed by atoms with Crippen LogP contribution in [0.5, 0.6) is 0 Å². The quantitative estimate of drug-likeness (QED) is 0.666. The molecule has 1 saturated heterocycles. The number of carbonyl (C=O) groups is 3. The van der Waals surface area contributed by atoms with Gasteiger partial charge in [-0.1, -0.05) is 23.7 Å². The number of amides is 3. The third-order valence-corrected chi connectivity index (χ3v) is 5.77. The third-order valence-electron chi connectivity index (χ3n) is 5.44. The van der Waals surface area contributed by atoms with Crippen LogP contribution in [-0.2, 0) is 14.4 Å². The Labute approximate surface area is 192 Å². The van der Waals surface area contributed by atoms with Crippen LogP contribution in [0.3, 0.4) is 0 Å². The first-order valence-corrected chi connectivity index (χ1v) is 10.9. The van der Waals surface area contributed by atoms with Crippen LogP contribution in [0.1, 0.15) is 18.4 Å². The van der Waals surface area contributed by atoms with Gasteiger partial charge in [-0.15, -0.1) is 0 Å². The van der Waals surface area contributed by atoms with E-state index in [-0.39, 0.29) is 36.7 Å². The van der Waals surface area contributed by atoms with E-state index in [4.69, 9.17) is 11.6 Å². The van der Waals surface area contributed by atoms with Crippen molar-refractivity contribution in [3.63, 3.8) is 0 Å². The van der Waals surface area contributed by atoms with Crippen LogP contribution in [0.15, 0.2) is 42.6 Å². The molecule has 3 amide bonds. The van der Waals surface area contributed by atoms with Gasteiger partial charge in [0.15, 0.2) is 0 Å². The van der Waals surface area contributed by atoms with E-state index in [1.807, 2.05) is 24.0 Å². The van der Waals surface area contributed by atoms with Gasteiger partial charge in [-0.3, -0.25) is 19.3 Å². The molecule has 1 aromatic heterocycles. The highest BCUT2D eigenvalue weighted by atomic mass is 35.5. The van der Waals surface area contributed by atoms with Gasteiger partial charge in [-0.25, -0.2) is 4.98 Å². The lowest BCUT2D eigenvalue weighted by atomic mass is 9.96. The number of hydrogen-bond acceptors (Lipinski definition) is 5. The first-order chi connectivity index (χ1) is 15.3. The molecule has 3 rings (SSSR count). The van der Waals surface area contributed by atoms with Crippen molar-refractivity contribution in [3.05, 3.63) is 53.2 Å². The Balaban J connectivity index is 1.41. The van der Waals surface area contributed by atoms with Crippen molar-refractivity contribution >= 4 is 40.8 Å². The molecule has 2 N–H and O–H groups in total. The van der Waals surface area contributed by atoms with Gasteiger partial charge in [0.05, 0.1) is 23.8 Å². The SMILES string of the molecule is Cc1ccnc(NC(=O)C2CCN(CC(=O)N(C)CC(=O)Nc3ccccc3Cl)CC2)c1. The number of nitrogens with zero attached hydrogens (tertiary/aromatic N) is 3. The summed E-state index contributed by atoms with van der Waals surface area (Å²) in [7, 11) is 1.60. The average molecular weight is 458 g/mol. The number of anilines is 2. The number of halogens is 1. The Morgan fingerprint density at radius 3 is 2.56 bits per heavy atom. The van der Waals surface area contributed by atoms with E-state index in [1.165, 1.54) is 4.90 Å². The van der Waals surface area contributed by atoms with Gasteiger partial charge >= 0.3 is 0 Å². The fourth-order valence-corrected chi connectivity index (χ4v) is 3.74. The van der Waals surface area contributed by atoms with Gasteiger partial charge in [-0.05, 0) is 62.7 Å². The number of benzene rings is 1. The van der Waals surface area contributed by atoms with Gasteiger partial charge in [0, 0.05) is 19.2 Å². The van der Waals surface area contributed by atoms with Crippen LogP contribution in [-0.4, -0.2) is 65.7 Å². The van der Waals surface area contributed by atoms with Gasteiger partial charge in [0.1, 0.15) is 5.82 Å². The summed E-state index contributed by atoms with van der Waals surface area (Å²) in [6.07, 6.45) is 3.01. The summed E-state index contributed by atoms with van der Waals surface area (Å²) in [5, 5.41) is 6.03. The van der Waals surface area contributed by atoms with E-state index in [0.29, 0.717) is 42.5 Å². The summed E-state index contributed by atoms with van der Waals surface area (Å²) >= 11 is 6.05. The fraction of sp³-hybridized carbons (Fsp3) is 0.391. The van der Waals surface area contributed by atoms with Crippen molar-refractivity contribution in [1.29, 1.82) is 0 Å². The van der Waals surface area contributed by atoms with Crippen molar-refractivity contribution in [3.8, 4) is 0 Å². The molecule has 0 atom stereocenters. The number of aromatic nitrogens is 1. The normalized spacial score (nSPS) is 14.6. The number of likely N-dealkylation sites (N-methyl/N-ethyl adjacent to an activating group) is 1. The van der Waals surface area contributed by atoms with Crippen molar-refractivity contribution in [2.45, 2.75) is 19.8 Å². The maximum absolute atomic E-state index is 12.5. The molecule has 32 heavy (non-hydrogen) atoms. The molecule has 1 aliphatic rings. The molecule has 1 aliphatic heterocycles. The molecule has 1 fully saturated rings. The van der Waals surface area contributed by atoms with Crippen molar-refractivity contribution in [1.82, 2.24) is 14.8 Å². The number of carbonyl (C=O) groups excluding carboxylic acids is 3. The molecule has 2 heterocycles. The highest BCUT2D eigenvalue weighted by molar-refractivity contribution is 6.33. The number of piperidine rings is 1. The molecule has 0 bridgehead atoms. The number of para-hydroxylation sites is 1. The molecule has 8 nitrogen and oxygen atoms in total. The summed E-state index contributed by atoms with van der Waals surface area (Å²) in [6, 6.07) is 10.7. The molecule has 0 unspecified atom stereocenters. The molecule has 9 heteroatoms. The first kappa shape index (κ1) is 23.7. The molecule has 0 radical (unpaired) electrons. The second-order valence-corrected chi connectivity index (χ2v) is 8.44. The predicted molar refractivity (Wildman–Crippen MR) is 124 cm³/mol. The monoisotopic (exact) mass is 457 g/mol. The van der Waals surface area contributed by atoms with E-state index in [0.717, 1.165) is 5.56 Å². The second kappa shape index (κ2) is 11.1. The molecular formula is C23H28ClN5O3. The summed E-state index contributed by atoms with van der Waals surface area (Å²) in [5.74, 6) is -0.0465. The van der Waals surface area contributed by atoms with E-state index < -0.39 is 0 Å². The Morgan fingerprint density at radius 2 is 1.88 bits per heavy atom. The number of nitrogens with one attached hydrogen (secondary N) is 2. The second-order valence-electron chi connectivity index (χ2n) is 8.04. The van der Waals surface area contributed by atoms with Gasteiger partial charge in [0.2, 0.25) is 17.7 Å². The minimum atomic E-state index is -0.311. The third kappa shape index (κ3) is 6.77. The minimum absolute atomic E-state index is 0.0394. The highest BCUT2D eigenvalue weighted by Gasteiger charge is 2.27. The Bertz CT molecular complexity index is 976. The smallest absolute Gasteiger partial charge is 0.244 e. The zero-order valence-corrected chi connectivity index (χ0v) is 19.1. The molecule has 2 aromatic rings. The standard InChI is InChI=1S/C23H28ClN5O3/c1-16-7-10-25-20(13-16)27-23(32)17-8-11-29(12-9-17)15-22(31)28(2)14-21(30)26-19-6-4-3-5-18(19)24/h3-7,10,13,17H,8-9,11-12,14-15H2,1-2H3,(H,26,30)(H,25,27,32). The molecule has 170 valence electrons. The van der Waals surface area contributed by atoms with Crippen molar-refractivity contribution in [2.24, 2.45) is 5.92 Å². The predicted octanol–water partition coefficient (Wildman–Crippen LogP) is 2.79. The minimum Gasteiger partial charge on any atom is -0.335 e. The molecule has 0 saturated carbocycles. The molecular weight excluding hydrogens is 430 g/mol. The number of likely N-dealkylation sites (tertiary alicyclic amines) is 1. The summed E-state index contributed by atoms with van der Waals surface area (Å²) in [6.45, 7) is 3.38. The molecule has 0 spiro atoms. The van der Waals surface area contributed by atoms with Crippen LogP contribution in [0, 0.1) is 12.8 Å². The Morgan fingerprint density at radius 1 is 1.16 bits per heavy atom. The Hall–Kier alpha value is -2.97. The van der Waals surface area contributed by atoms with Gasteiger partial charge in [-0.2, -0.15) is 0 Å². The zero-order chi connectivity index (χ0) is 23.1. The molecule has 1 aromatic carbocycles. The zero-order valence-electron chi connectivity index (χ0n) is 18.3. The summed E-state index contributed by atoms with van der Waals surface area (Å²) < 4.78 is 0. The van der Waals surface area contributed by atoms with Crippen LogP contribution < -0.4 is 10.6 Å². The van der Waals surface area contributed by atoms with E-state index in [9.17, 15) is 14.4 Å². The summed E-state index contributed by atoms with van der Waals surface area (Å²) in [5.41, 5.74) is 1.55. The van der Waals surface area contributed by atoms with Gasteiger partial charge in [0.25, 0.3) is 0 Å². The lowest BCUT2D eigenvalue weighted by Gasteiger charge is -2.31. The molecule has 0 aliphatic carbocycles. The lowest BCUT2D eigenvalue weighted by molar-refractivity contribution is -0.134. The van der Waals surface area contributed by atoms with Crippen LogP contribution >= 0.6 is 11.6 Å². The maximum atomic E-state index is 12.5. The van der Waals surface area contributed by atoms with Crippen molar-refractivity contribution in [2.75, 3.05) is 43.9 Å². The van der Waals surface area contributed by atoms with Crippen LogP contribution in [0.2, 0.25) is 5.02 Å². The van der Waals surface area contributed by atoms with E-state index in [2.05, 4.69) is 15.6 Å². The average Bonchev–Trinajstić information content (AvgIpc) is 2.75. The lowest BCUT2D eigenvalue weighted by Crippen LogP contribution is -2.45. The largest absolute Gasteiger partial charge is 0.335 e. The number of hydrogen-bond donors (Lipinski definition) is 2. The van der Waals surface area contributed by atoms with E-state index in [1.54, 1.807) is 37.5 Å². The highest BCUT2D eigenvalue weighted by Crippen LogP contribution is 2.21. The Kier molecular flexibility index (Phi) is 8.19. The fourth-order valence-electron chi connectivity index (χ4n) is 3.55. The maximum Gasteiger partial charge on any atom is 0.244 e. The number of pyridine rings is 1.